The zero-order chi connectivity index (χ0) is 14.5. The van der Waals surface area contributed by atoms with Crippen LogP contribution >= 0.6 is 0 Å². The van der Waals surface area contributed by atoms with E-state index < -0.39 is 6.09 Å². The zero-order valence-electron chi connectivity index (χ0n) is 11.8. The first-order valence-electron chi connectivity index (χ1n) is 7.42. The molecule has 0 aromatic carbocycles. The van der Waals surface area contributed by atoms with Crippen LogP contribution < -0.4 is 10.1 Å². The highest BCUT2D eigenvalue weighted by Gasteiger charge is 2.71. The summed E-state index contributed by atoms with van der Waals surface area (Å²) in [6.45, 7) is 1.98. The summed E-state index contributed by atoms with van der Waals surface area (Å²) < 4.78 is 5.98. The maximum Gasteiger partial charge on any atom is 0.405 e. The summed E-state index contributed by atoms with van der Waals surface area (Å²) in [5.41, 5.74) is 0.106. The zero-order valence-corrected chi connectivity index (χ0v) is 11.8. The summed E-state index contributed by atoms with van der Waals surface area (Å²) in [6, 6.07) is 3.77. The Labute approximate surface area is 123 Å². The van der Waals surface area contributed by atoms with E-state index >= 15 is 0 Å². The van der Waals surface area contributed by atoms with Crippen LogP contribution in [0.15, 0.2) is 24.5 Å². The van der Waals surface area contributed by atoms with Crippen LogP contribution in [0.1, 0.15) is 25.7 Å². The molecule has 2 bridgehead atoms. The fraction of sp³-hybridized carbons (Fsp3) is 0.600. The van der Waals surface area contributed by atoms with Crippen LogP contribution in [0.25, 0.3) is 0 Å². The lowest BCUT2D eigenvalue weighted by molar-refractivity contribution is -0.169. The number of nitrogens with zero attached hydrogens (tertiary/aromatic N) is 2. The molecule has 5 rings (SSSR count). The van der Waals surface area contributed by atoms with Gasteiger partial charge in [-0.25, -0.2) is 4.79 Å². The average Bonchev–Trinajstić information content (AvgIpc) is 2.81. The predicted molar refractivity (Wildman–Crippen MR) is 75.3 cm³/mol. The molecule has 2 N–H and O–H groups in total. The van der Waals surface area contributed by atoms with Crippen molar-refractivity contribution in [3.8, 4) is 5.75 Å². The molecule has 3 aliphatic carbocycles. The molecule has 6 nitrogen and oxygen atoms in total. The SMILES string of the molecule is O=C(O)NC12CC(N3CCC(Oc4ccncc4)C3)(C1)C2. The first-order chi connectivity index (χ1) is 10.1. The van der Waals surface area contributed by atoms with Gasteiger partial charge in [0.15, 0.2) is 0 Å². The Hall–Kier alpha value is -1.82. The van der Waals surface area contributed by atoms with Crippen molar-refractivity contribution >= 4 is 6.09 Å². The van der Waals surface area contributed by atoms with E-state index in [4.69, 9.17) is 9.84 Å². The maximum atomic E-state index is 10.8. The monoisotopic (exact) mass is 289 g/mol. The van der Waals surface area contributed by atoms with Gasteiger partial charge in [0, 0.05) is 36.6 Å². The van der Waals surface area contributed by atoms with Crippen LogP contribution in [0.2, 0.25) is 0 Å². The molecule has 4 aliphatic rings. The number of amides is 1. The lowest BCUT2D eigenvalue weighted by Gasteiger charge is -2.73. The second kappa shape index (κ2) is 4.34. The number of carbonyl (C=O) groups is 1. The van der Waals surface area contributed by atoms with Gasteiger partial charge in [-0.3, -0.25) is 9.88 Å². The number of rotatable bonds is 4. The molecular formula is C15H19N3O3. The summed E-state index contributed by atoms with van der Waals surface area (Å²) in [4.78, 5) is 17.2. The molecule has 3 saturated carbocycles. The van der Waals surface area contributed by atoms with Crippen molar-refractivity contribution in [3.63, 3.8) is 0 Å². The number of pyridine rings is 1. The molecule has 0 radical (unpaired) electrons. The highest BCUT2D eigenvalue weighted by Crippen LogP contribution is 2.64. The number of hydrogen-bond donors (Lipinski definition) is 2. The summed E-state index contributed by atoms with van der Waals surface area (Å²) in [5.74, 6) is 0.874. The van der Waals surface area contributed by atoms with Gasteiger partial charge in [-0.2, -0.15) is 0 Å². The van der Waals surface area contributed by atoms with Crippen LogP contribution in [0.3, 0.4) is 0 Å². The molecule has 1 saturated heterocycles. The Balaban J connectivity index is 1.32. The number of aromatic nitrogens is 1. The molecule has 6 heteroatoms. The number of ether oxygens (including phenoxy) is 1. The van der Waals surface area contributed by atoms with E-state index in [1.54, 1.807) is 12.4 Å². The highest BCUT2D eigenvalue weighted by molar-refractivity contribution is 5.67. The second-order valence-electron chi connectivity index (χ2n) is 6.62. The topological polar surface area (TPSA) is 74.7 Å². The molecule has 1 aromatic rings. The molecule has 2 heterocycles. The van der Waals surface area contributed by atoms with Crippen molar-refractivity contribution in [2.75, 3.05) is 13.1 Å². The first-order valence-corrected chi connectivity index (χ1v) is 7.42. The van der Waals surface area contributed by atoms with Crippen molar-refractivity contribution in [3.05, 3.63) is 24.5 Å². The van der Waals surface area contributed by atoms with E-state index in [0.717, 1.165) is 44.5 Å². The van der Waals surface area contributed by atoms with Crippen molar-refractivity contribution in [1.82, 2.24) is 15.2 Å². The third-order valence-corrected chi connectivity index (χ3v) is 5.14. The Morgan fingerprint density at radius 2 is 2.10 bits per heavy atom. The Morgan fingerprint density at radius 3 is 2.76 bits per heavy atom. The second-order valence-corrected chi connectivity index (χ2v) is 6.62. The van der Waals surface area contributed by atoms with Gasteiger partial charge in [0.2, 0.25) is 0 Å². The van der Waals surface area contributed by atoms with Crippen LogP contribution in [-0.2, 0) is 0 Å². The Bertz CT molecular complexity index is 543. The third kappa shape index (κ3) is 2.05. The lowest BCUT2D eigenvalue weighted by atomic mass is 9.43. The van der Waals surface area contributed by atoms with Crippen molar-refractivity contribution in [2.24, 2.45) is 0 Å². The Morgan fingerprint density at radius 1 is 1.38 bits per heavy atom. The quantitative estimate of drug-likeness (QED) is 0.878. The van der Waals surface area contributed by atoms with Crippen LogP contribution in [0.5, 0.6) is 5.75 Å². The van der Waals surface area contributed by atoms with Gasteiger partial charge in [0.05, 0.1) is 0 Å². The summed E-state index contributed by atoms with van der Waals surface area (Å²) in [7, 11) is 0. The Kier molecular flexibility index (Phi) is 2.66. The van der Waals surface area contributed by atoms with Crippen LogP contribution in [-0.4, -0.2) is 51.4 Å². The van der Waals surface area contributed by atoms with Gasteiger partial charge in [0.1, 0.15) is 11.9 Å². The van der Waals surface area contributed by atoms with Gasteiger partial charge >= 0.3 is 6.09 Å². The van der Waals surface area contributed by atoms with Crippen molar-refractivity contribution < 1.29 is 14.6 Å². The van der Waals surface area contributed by atoms with Gasteiger partial charge in [0.25, 0.3) is 0 Å². The molecule has 21 heavy (non-hydrogen) atoms. The number of nitrogens with one attached hydrogen (secondary N) is 1. The fourth-order valence-electron chi connectivity index (χ4n) is 4.29. The minimum Gasteiger partial charge on any atom is -0.489 e. The van der Waals surface area contributed by atoms with Crippen LogP contribution in [0.4, 0.5) is 4.79 Å². The van der Waals surface area contributed by atoms with E-state index in [1.807, 2.05) is 12.1 Å². The van der Waals surface area contributed by atoms with Crippen molar-refractivity contribution in [2.45, 2.75) is 42.9 Å². The van der Waals surface area contributed by atoms with E-state index in [0.29, 0.717) is 0 Å². The lowest BCUT2D eigenvalue weighted by Crippen LogP contribution is -2.83. The largest absolute Gasteiger partial charge is 0.489 e. The summed E-state index contributed by atoms with van der Waals surface area (Å²) in [5, 5.41) is 11.5. The molecule has 1 aromatic heterocycles. The van der Waals surface area contributed by atoms with E-state index in [9.17, 15) is 4.79 Å². The molecule has 112 valence electrons. The van der Waals surface area contributed by atoms with Gasteiger partial charge < -0.3 is 15.2 Å². The maximum absolute atomic E-state index is 10.8. The van der Waals surface area contributed by atoms with E-state index in [-0.39, 0.29) is 17.2 Å². The minimum absolute atomic E-state index is 0.129. The van der Waals surface area contributed by atoms with Crippen molar-refractivity contribution in [1.29, 1.82) is 0 Å². The predicted octanol–water partition coefficient (Wildman–Crippen LogP) is 1.48. The first kappa shape index (κ1) is 12.9. The molecule has 4 fully saturated rings. The van der Waals surface area contributed by atoms with Gasteiger partial charge in [-0.05, 0) is 37.8 Å². The summed E-state index contributed by atoms with van der Waals surface area (Å²) in [6.07, 6.45) is 6.70. The smallest absolute Gasteiger partial charge is 0.405 e. The number of likely N-dealkylation sites (tertiary alicyclic amines) is 1. The standard InChI is InChI=1S/C15H19N3O3/c19-13(20)17-14-8-15(9-14,10-14)18-6-3-12(7-18)21-11-1-4-16-5-2-11/h1-2,4-5,12,17H,3,6-10H2,(H,19,20). The fourth-order valence-corrected chi connectivity index (χ4v) is 4.29. The number of carboxylic acid groups (broad SMARTS) is 1. The molecule has 0 spiro atoms. The average molecular weight is 289 g/mol. The third-order valence-electron chi connectivity index (χ3n) is 5.14. The van der Waals surface area contributed by atoms with Gasteiger partial charge in [-0.15, -0.1) is 0 Å². The van der Waals surface area contributed by atoms with Crippen LogP contribution in [0, 0.1) is 0 Å². The minimum atomic E-state index is -0.899. The number of hydrogen-bond acceptors (Lipinski definition) is 4. The summed E-state index contributed by atoms with van der Waals surface area (Å²) >= 11 is 0. The van der Waals surface area contributed by atoms with E-state index in [2.05, 4.69) is 15.2 Å². The highest BCUT2D eigenvalue weighted by atomic mass is 16.5. The molecule has 1 aliphatic heterocycles. The normalized spacial score (nSPS) is 37.4. The van der Waals surface area contributed by atoms with E-state index in [1.165, 1.54) is 0 Å². The molecule has 1 unspecified atom stereocenters. The van der Waals surface area contributed by atoms with Gasteiger partial charge in [-0.1, -0.05) is 0 Å². The molecule has 1 atom stereocenters. The molecular weight excluding hydrogens is 270 g/mol. The molecule has 1 amide bonds.